The van der Waals surface area contributed by atoms with Crippen molar-refractivity contribution in [3.63, 3.8) is 0 Å². The molecule has 0 radical (unpaired) electrons. The van der Waals surface area contributed by atoms with E-state index < -0.39 is 10.0 Å². The van der Waals surface area contributed by atoms with E-state index in [0.29, 0.717) is 6.54 Å². The largest absolute Gasteiger partial charge is 0.508 e. The zero-order valence-corrected chi connectivity index (χ0v) is 11.3. The highest BCUT2D eigenvalue weighted by atomic mass is 32.2. The Hall–Kier alpha value is -1.07. The normalized spacial score (nSPS) is 17.6. The quantitative estimate of drug-likeness (QED) is 0.832. The lowest BCUT2D eigenvalue weighted by Crippen LogP contribution is -2.30. The minimum Gasteiger partial charge on any atom is -0.508 e. The van der Waals surface area contributed by atoms with Crippen molar-refractivity contribution in [3.8, 4) is 5.75 Å². The van der Waals surface area contributed by atoms with Crippen molar-refractivity contribution >= 4 is 10.0 Å². The molecule has 1 aliphatic carbocycles. The van der Waals surface area contributed by atoms with Gasteiger partial charge in [-0.3, -0.25) is 0 Å². The van der Waals surface area contributed by atoms with Gasteiger partial charge in [0.25, 0.3) is 0 Å². The Labute approximate surface area is 108 Å². The minimum atomic E-state index is -3.50. The van der Waals surface area contributed by atoms with Crippen LogP contribution in [0, 0.1) is 5.41 Å². The Bertz CT molecular complexity index is 521. The van der Waals surface area contributed by atoms with E-state index >= 15 is 0 Å². The lowest BCUT2D eigenvalue weighted by Gasteiger charge is -2.15. The van der Waals surface area contributed by atoms with Gasteiger partial charge in [0.05, 0.1) is 4.90 Å². The molecule has 2 rings (SSSR count). The van der Waals surface area contributed by atoms with E-state index in [1.165, 1.54) is 24.3 Å². The fourth-order valence-electron chi connectivity index (χ4n) is 2.20. The van der Waals surface area contributed by atoms with Crippen LogP contribution in [0.3, 0.4) is 0 Å². The van der Waals surface area contributed by atoms with Gasteiger partial charge in [-0.15, -0.1) is 0 Å². The molecule has 2 N–H and O–H groups in total. The van der Waals surface area contributed by atoms with E-state index in [4.69, 9.17) is 0 Å². The second-order valence-corrected chi connectivity index (χ2v) is 6.84. The molecule has 4 nitrogen and oxygen atoms in total. The number of phenolic OH excluding ortho intramolecular Hbond substituents is 1. The fourth-order valence-corrected chi connectivity index (χ4v) is 3.40. The monoisotopic (exact) mass is 269 g/mol. The maximum atomic E-state index is 12.0. The standard InChI is InChI=1S/C13H19NO3S/c1-2-6-13(7-8-13)10-14-18(16,17)12-5-3-4-11(15)9-12/h3-5,9,14-15H,2,6-8,10H2,1H3. The first-order valence-electron chi connectivity index (χ1n) is 6.26. The molecule has 0 unspecified atom stereocenters. The second-order valence-electron chi connectivity index (χ2n) is 5.07. The van der Waals surface area contributed by atoms with Gasteiger partial charge in [-0.25, -0.2) is 13.1 Å². The van der Waals surface area contributed by atoms with E-state index in [0.717, 1.165) is 25.7 Å². The number of hydrogen-bond acceptors (Lipinski definition) is 3. The molecule has 0 amide bonds. The van der Waals surface area contributed by atoms with E-state index in [1.807, 2.05) is 0 Å². The molecular weight excluding hydrogens is 250 g/mol. The van der Waals surface area contributed by atoms with Crippen molar-refractivity contribution in [1.82, 2.24) is 4.72 Å². The third-order valence-electron chi connectivity index (χ3n) is 3.50. The van der Waals surface area contributed by atoms with Crippen LogP contribution in [0.4, 0.5) is 0 Å². The molecule has 5 heteroatoms. The van der Waals surface area contributed by atoms with Gasteiger partial charge >= 0.3 is 0 Å². The first kappa shape index (κ1) is 13.4. The van der Waals surface area contributed by atoms with Crippen molar-refractivity contribution in [2.75, 3.05) is 6.54 Å². The van der Waals surface area contributed by atoms with Gasteiger partial charge in [-0.2, -0.15) is 0 Å². The first-order valence-corrected chi connectivity index (χ1v) is 7.74. The lowest BCUT2D eigenvalue weighted by atomic mass is 10.0. The van der Waals surface area contributed by atoms with Crippen LogP contribution in [0.25, 0.3) is 0 Å². The average Bonchev–Trinajstić information content (AvgIpc) is 3.08. The number of benzene rings is 1. The van der Waals surface area contributed by atoms with Crippen molar-refractivity contribution in [2.24, 2.45) is 5.41 Å². The molecule has 0 atom stereocenters. The van der Waals surface area contributed by atoms with Crippen LogP contribution in [0.15, 0.2) is 29.2 Å². The summed E-state index contributed by atoms with van der Waals surface area (Å²) in [6.07, 6.45) is 4.34. The van der Waals surface area contributed by atoms with Crippen molar-refractivity contribution in [1.29, 1.82) is 0 Å². The predicted octanol–water partition coefficient (Wildman–Crippen LogP) is 2.25. The van der Waals surface area contributed by atoms with E-state index in [2.05, 4.69) is 11.6 Å². The van der Waals surface area contributed by atoms with Gasteiger partial charge in [0.15, 0.2) is 0 Å². The van der Waals surface area contributed by atoms with Gasteiger partial charge in [0.2, 0.25) is 10.0 Å². The molecule has 1 aromatic carbocycles. The number of phenols is 1. The topological polar surface area (TPSA) is 66.4 Å². The molecule has 18 heavy (non-hydrogen) atoms. The summed E-state index contributed by atoms with van der Waals surface area (Å²) in [5, 5.41) is 9.31. The summed E-state index contributed by atoms with van der Waals surface area (Å²) in [4.78, 5) is 0.120. The molecule has 1 aliphatic rings. The van der Waals surface area contributed by atoms with Crippen LogP contribution in [-0.4, -0.2) is 20.1 Å². The Morgan fingerprint density at radius 3 is 2.67 bits per heavy atom. The van der Waals surface area contributed by atoms with Gasteiger partial charge in [0, 0.05) is 6.54 Å². The van der Waals surface area contributed by atoms with Crippen LogP contribution in [0.1, 0.15) is 32.6 Å². The van der Waals surface area contributed by atoms with Crippen molar-refractivity contribution in [3.05, 3.63) is 24.3 Å². The highest BCUT2D eigenvalue weighted by Crippen LogP contribution is 2.49. The maximum Gasteiger partial charge on any atom is 0.240 e. The number of rotatable bonds is 6. The molecule has 0 spiro atoms. The summed E-state index contributed by atoms with van der Waals surface area (Å²) in [7, 11) is -3.50. The maximum absolute atomic E-state index is 12.0. The summed E-state index contributed by atoms with van der Waals surface area (Å²) in [5.74, 6) is -0.0347. The van der Waals surface area contributed by atoms with Crippen LogP contribution >= 0.6 is 0 Å². The SMILES string of the molecule is CCCC1(CNS(=O)(=O)c2cccc(O)c2)CC1. The Balaban J connectivity index is 2.04. The highest BCUT2D eigenvalue weighted by Gasteiger charge is 2.42. The Morgan fingerprint density at radius 2 is 2.11 bits per heavy atom. The highest BCUT2D eigenvalue weighted by molar-refractivity contribution is 7.89. The first-order chi connectivity index (χ1) is 8.47. The molecule has 0 aliphatic heterocycles. The zero-order chi connectivity index (χ0) is 13.2. The van der Waals surface area contributed by atoms with Crippen molar-refractivity contribution < 1.29 is 13.5 Å². The lowest BCUT2D eigenvalue weighted by molar-refractivity contribution is 0.449. The molecule has 0 aromatic heterocycles. The summed E-state index contributed by atoms with van der Waals surface area (Å²) >= 11 is 0. The minimum absolute atomic E-state index is 0.0347. The molecule has 100 valence electrons. The summed E-state index contributed by atoms with van der Waals surface area (Å²) in [6.45, 7) is 2.61. The smallest absolute Gasteiger partial charge is 0.240 e. The number of nitrogens with one attached hydrogen (secondary N) is 1. The van der Waals surface area contributed by atoms with E-state index in [-0.39, 0.29) is 16.1 Å². The second kappa shape index (κ2) is 4.90. The predicted molar refractivity (Wildman–Crippen MR) is 69.9 cm³/mol. The number of aromatic hydroxyl groups is 1. The zero-order valence-electron chi connectivity index (χ0n) is 10.5. The molecule has 0 heterocycles. The van der Waals surface area contributed by atoms with E-state index in [1.54, 1.807) is 0 Å². The molecule has 1 fully saturated rings. The Kier molecular flexibility index (Phi) is 3.64. The van der Waals surface area contributed by atoms with Gasteiger partial charge in [0.1, 0.15) is 5.75 Å². The van der Waals surface area contributed by atoms with Crippen LogP contribution in [0.2, 0.25) is 0 Å². The third kappa shape index (κ3) is 3.03. The molecule has 0 saturated heterocycles. The Morgan fingerprint density at radius 1 is 1.39 bits per heavy atom. The third-order valence-corrected chi connectivity index (χ3v) is 4.90. The molecule has 0 bridgehead atoms. The average molecular weight is 269 g/mol. The fraction of sp³-hybridized carbons (Fsp3) is 0.538. The summed E-state index contributed by atoms with van der Waals surface area (Å²) in [5.41, 5.74) is 0.179. The van der Waals surface area contributed by atoms with Crippen LogP contribution in [0.5, 0.6) is 5.75 Å². The number of sulfonamides is 1. The van der Waals surface area contributed by atoms with Gasteiger partial charge < -0.3 is 5.11 Å². The van der Waals surface area contributed by atoms with Crippen molar-refractivity contribution in [2.45, 2.75) is 37.5 Å². The van der Waals surface area contributed by atoms with Gasteiger partial charge in [-0.1, -0.05) is 19.4 Å². The van der Waals surface area contributed by atoms with E-state index in [9.17, 15) is 13.5 Å². The number of hydrogen-bond donors (Lipinski definition) is 2. The summed E-state index contributed by atoms with van der Waals surface area (Å²) in [6, 6.07) is 5.74. The van der Waals surface area contributed by atoms with Gasteiger partial charge in [-0.05, 0) is 42.9 Å². The van der Waals surface area contributed by atoms with Crippen LogP contribution < -0.4 is 4.72 Å². The molecule has 1 saturated carbocycles. The summed E-state index contributed by atoms with van der Waals surface area (Å²) < 4.78 is 26.7. The molecule has 1 aromatic rings. The molecular formula is C13H19NO3S. The van der Waals surface area contributed by atoms with Crippen LogP contribution in [-0.2, 0) is 10.0 Å².